The minimum atomic E-state index is -0.170. The molecule has 5 nitrogen and oxygen atoms in total. The van der Waals surface area contributed by atoms with Gasteiger partial charge in [0.2, 0.25) is 5.88 Å². The SMILES string of the molecule is C=C(C)/C(=C\C(Cl)=C(/N)OC(C)COCCC)NC=NCC.CC. The molecule has 0 rings (SSSR count). The van der Waals surface area contributed by atoms with E-state index in [2.05, 4.69) is 23.8 Å². The van der Waals surface area contributed by atoms with Crippen molar-refractivity contribution < 1.29 is 9.47 Å². The lowest BCUT2D eigenvalue weighted by atomic mass is 10.2. The molecule has 0 aliphatic heterocycles. The highest BCUT2D eigenvalue weighted by Crippen LogP contribution is 2.15. The third kappa shape index (κ3) is 13.0. The van der Waals surface area contributed by atoms with Crippen LogP contribution in [0.4, 0.5) is 0 Å². The molecule has 0 spiro atoms. The summed E-state index contributed by atoms with van der Waals surface area (Å²) >= 11 is 6.18. The van der Waals surface area contributed by atoms with Gasteiger partial charge in [0, 0.05) is 18.8 Å². The largest absolute Gasteiger partial charge is 0.473 e. The van der Waals surface area contributed by atoms with Crippen molar-refractivity contribution in [1.82, 2.24) is 5.32 Å². The quantitative estimate of drug-likeness (QED) is 0.189. The number of hydrogen-bond donors (Lipinski definition) is 2. The normalized spacial score (nSPS) is 13.7. The molecule has 0 saturated carbocycles. The Balaban J connectivity index is 0. The van der Waals surface area contributed by atoms with Gasteiger partial charge in [-0.05, 0) is 38.8 Å². The van der Waals surface area contributed by atoms with E-state index in [1.807, 2.05) is 34.6 Å². The minimum absolute atomic E-state index is 0.155. The van der Waals surface area contributed by atoms with Gasteiger partial charge >= 0.3 is 0 Å². The maximum absolute atomic E-state index is 6.18. The van der Waals surface area contributed by atoms with E-state index in [1.165, 1.54) is 0 Å². The van der Waals surface area contributed by atoms with Crippen molar-refractivity contribution >= 4 is 17.9 Å². The Morgan fingerprint density at radius 2 is 2.00 bits per heavy atom. The van der Waals surface area contributed by atoms with E-state index in [4.69, 9.17) is 26.8 Å². The van der Waals surface area contributed by atoms with Gasteiger partial charge in [-0.15, -0.1) is 0 Å². The average Bonchev–Trinajstić information content (AvgIpc) is 2.55. The zero-order valence-corrected chi connectivity index (χ0v) is 16.7. The number of rotatable bonds is 11. The molecular weight excluding hydrogens is 326 g/mol. The van der Waals surface area contributed by atoms with E-state index >= 15 is 0 Å². The van der Waals surface area contributed by atoms with Crippen molar-refractivity contribution in [2.75, 3.05) is 19.8 Å². The van der Waals surface area contributed by atoms with Crippen molar-refractivity contribution in [3.8, 4) is 0 Å². The zero-order chi connectivity index (χ0) is 19.0. The van der Waals surface area contributed by atoms with Gasteiger partial charge in [0.1, 0.15) is 11.1 Å². The van der Waals surface area contributed by atoms with Crippen LogP contribution >= 0.6 is 11.6 Å². The van der Waals surface area contributed by atoms with Gasteiger partial charge in [-0.25, -0.2) is 0 Å². The molecule has 0 aromatic heterocycles. The Morgan fingerprint density at radius 1 is 1.38 bits per heavy atom. The third-order valence-corrected chi connectivity index (χ3v) is 2.78. The van der Waals surface area contributed by atoms with Crippen molar-refractivity contribution in [3.05, 3.63) is 34.8 Å². The summed E-state index contributed by atoms with van der Waals surface area (Å²) in [4.78, 5) is 4.08. The van der Waals surface area contributed by atoms with Crippen LogP contribution in [0.15, 0.2) is 39.8 Å². The zero-order valence-electron chi connectivity index (χ0n) is 16.0. The molecule has 0 amide bonds. The topological polar surface area (TPSA) is 68.9 Å². The van der Waals surface area contributed by atoms with Gasteiger partial charge in [-0.2, -0.15) is 0 Å². The summed E-state index contributed by atoms with van der Waals surface area (Å²) in [6.07, 6.45) is 4.06. The number of ether oxygens (including phenoxy) is 2. The molecule has 140 valence electrons. The third-order valence-electron chi connectivity index (χ3n) is 2.49. The van der Waals surface area contributed by atoms with Crippen molar-refractivity contribution in [2.45, 2.75) is 54.1 Å². The monoisotopic (exact) mass is 359 g/mol. The van der Waals surface area contributed by atoms with E-state index in [-0.39, 0.29) is 12.0 Å². The number of allylic oxidation sites excluding steroid dienone is 3. The molecule has 1 unspecified atom stereocenters. The lowest BCUT2D eigenvalue weighted by Gasteiger charge is -2.15. The van der Waals surface area contributed by atoms with Crippen LogP contribution in [-0.4, -0.2) is 32.2 Å². The summed E-state index contributed by atoms with van der Waals surface area (Å²) in [7, 11) is 0. The van der Waals surface area contributed by atoms with Gasteiger partial charge in [-0.1, -0.05) is 39.0 Å². The summed E-state index contributed by atoms with van der Waals surface area (Å²) in [6.45, 7) is 17.5. The van der Waals surface area contributed by atoms with E-state index in [0.29, 0.717) is 24.8 Å². The summed E-state index contributed by atoms with van der Waals surface area (Å²) in [5, 5.41) is 3.32. The molecule has 3 N–H and O–H groups in total. The molecule has 6 heteroatoms. The van der Waals surface area contributed by atoms with Gasteiger partial charge in [0.15, 0.2) is 0 Å². The van der Waals surface area contributed by atoms with Crippen LogP contribution in [0.25, 0.3) is 0 Å². The van der Waals surface area contributed by atoms with Gasteiger partial charge in [0.25, 0.3) is 0 Å². The Hall–Kier alpha value is -1.46. The maximum atomic E-state index is 6.18. The molecule has 1 atom stereocenters. The van der Waals surface area contributed by atoms with Crippen LogP contribution in [-0.2, 0) is 9.47 Å². The summed E-state index contributed by atoms with van der Waals surface area (Å²) < 4.78 is 10.9. The molecule has 24 heavy (non-hydrogen) atoms. The number of nitrogens with one attached hydrogen (secondary N) is 1. The molecule has 0 aliphatic rings. The van der Waals surface area contributed by atoms with Crippen LogP contribution in [0, 0.1) is 0 Å². The van der Waals surface area contributed by atoms with Gasteiger partial charge in [0.05, 0.1) is 12.9 Å². The number of hydrogen-bond acceptors (Lipinski definition) is 4. The second-order valence-corrected chi connectivity index (χ2v) is 5.23. The molecule has 0 radical (unpaired) electrons. The van der Waals surface area contributed by atoms with Gasteiger partial charge < -0.3 is 20.5 Å². The van der Waals surface area contributed by atoms with Crippen LogP contribution in [0.3, 0.4) is 0 Å². The fraction of sp³-hybridized carbons (Fsp3) is 0.611. The molecule has 0 fully saturated rings. The summed E-state index contributed by atoms with van der Waals surface area (Å²) in [5.41, 5.74) is 7.40. The fourth-order valence-corrected chi connectivity index (χ4v) is 1.55. The lowest BCUT2D eigenvalue weighted by molar-refractivity contribution is 0.0244. The minimum Gasteiger partial charge on any atom is -0.473 e. The molecule has 0 saturated heterocycles. The average molecular weight is 360 g/mol. The van der Waals surface area contributed by atoms with Crippen LogP contribution in [0.5, 0.6) is 0 Å². The first kappa shape index (κ1) is 24.8. The highest BCUT2D eigenvalue weighted by molar-refractivity contribution is 6.31. The Bertz CT molecular complexity index is 432. The van der Waals surface area contributed by atoms with Crippen molar-refractivity contribution in [3.63, 3.8) is 0 Å². The Kier molecular flexibility index (Phi) is 16.9. The second kappa shape index (κ2) is 16.4. The number of halogens is 1. The van der Waals surface area contributed by atoms with Crippen LogP contribution in [0.2, 0.25) is 0 Å². The molecule has 0 bridgehead atoms. The first-order valence-electron chi connectivity index (χ1n) is 8.44. The van der Waals surface area contributed by atoms with Crippen molar-refractivity contribution in [2.24, 2.45) is 10.7 Å². The predicted octanol–water partition coefficient (Wildman–Crippen LogP) is 4.31. The van der Waals surface area contributed by atoms with Crippen LogP contribution in [0.1, 0.15) is 48.0 Å². The summed E-state index contributed by atoms with van der Waals surface area (Å²) in [6, 6.07) is 0. The molecule has 0 aromatic carbocycles. The molecular formula is C18H34ClN3O2. The van der Waals surface area contributed by atoms with Crippen molar-refractivity contribution in [1.29, 1.82) is 0 Å². The highest BCUT2D eigenvalue weighted by Gasteiger charge is 2.08. The molecule has 0 heterocycles. The first-order chi connectivity index (χ1) is 11.4. The smallest absolute Gasteiger partial charge is 0.203 e. The number of aliphatic imine (C=N–C) groups is 1. The van der Waals surface area contributed by atoms with Crippen LogP contribution < -0.4 is 11.1 Å². The highest BCUT2D eigenvalue weighted by atomic mass is 35.5. The van der Waals surface area contributed by atoms with E-state index < -0.39 is 0 Å². The Labute approximate surface area is 152 Å². The number of nitrogens with two attached hydrogens (primary N) is 1. The number of nitrogens with zero attached hydrogens (tertiary/aromatic N) is 1. The van der Waals surface area contributed by atoms with E-state index in [9.17, 15) is 0 Å². The van der Waals surface area contributed by atoms with Gasteiger partial charge in [-0.3, -0.25) is 4.99 Å². The van der Waals surface area contributed by atoms with E-state index in [0.717, 1.165) is 17.7 Å². The maximum Gasteiger partial charge on any atom is 0.203 e. The molecule has 0 aliphatic carbocycles. The fourth-order valence-electron chi connectivity index (χ4n) is 1.39. The lowest BCUT2D eigenvalue weighted by Crippen LogP contribution is -2.20. The second-order valence-electron chi connectivity index (χ2n) is 4.83. The predicted molar refractivity (Wildman–Crippen MR) is 105 cm³/mol. The first-order valence-corrected chi connectivity index (χ1v) is 8.82. The molecule has 0 aromatic rings. The summed E-state index contributed by atoms with van der Waals surface area (Å²) in [5.74, 6) is 0.155. The van der Waals surface area contributed by atoms with E-state index in [1.54, 1.807) is 12.4 Å². The standard InChI is InChI=1S/C16H28ClN3O2.C2H6/c1-6-8-21-10-13(5)22-16(18)14(17)9-15(12(3)4)20-11-19-7-2;1-2/h9,11,13H,3,6-8,10,18H2,1-2,4-5H3,(H,19,20);1-2H3/b15-9+,16-14-;. The Morgan fingerprint density at radius 3 is 2.50 bits per heavy atom.